The van der Waals surface area contributed by atoms with E-state index in [0.717, 1.165) is 37.1 Å². The molecule has 0 aliphatic carbocycles. The molecule has 1 aromatic heterocycles. The number of para-hydroxylation sites is 2. The highest BCUT2D eigenvalue weighted by molar-refractivity contribution is 6.05. The van der Waals surface area contributed by atoms with Crippen molar-refractivity contribution in [2.75, 3.05) is 43.9 Å². The lowest BCUT2D eigenvalue weighted by atomic mass is 10.1. The standard InChI is InChI=1S/C29H30N4O5/c30-24-3-1-2-4-25(24)33-28(34)20-7-9-22(10-8-20)36-14-12-32-29(35)27-17-21-6-5-19(16-26(21)38-27)15-23-18-31-11-13-37-23/h1-10,16-17,23,31H,11-15,18,30H2,(H,32,35)(H,33,34). The zero-order valence-corrected chi connectivity index (χ0v) is 20.9. The molecule has 5 rings (SSSR count). The number of nitrogen functional groups attached to an aromatic ring is 1. The number of furan rings is 1. The number of ether oxygens (including phenoxy) is 2. The third kappa shape index (κ3) is 6.31. The molecule has 0 radical (unpaired) electrons. The van der Waals surface area contributed by atoms with Crippen LogP contribution in [0.15, 0.2) is 77.2 Å². The van der Waals surface area contributed by atoms with Gasteiger partial charge in [-0.05, 0) is 54.1 Å². The van der Waals surface area contributed by atoms with Gasteiger partial charge in [-0.1, -0.05) is 24.3 Å². The molecule has 2 heterocycles. The average molecular weight is 515 g/mol. The first-order valence-electron chi connectivity index (χ1n) is 12.6. The Kier molecular flexibility index (Phi) is 7.86. The molecule has 9 heteroatoms. The fraction of sp³-hybridized carbons (Fsp3) is 0.241. The Hall–Kier alpha value is -4.34. The molecule has 3 aromatic carbocycles. The van der Waals surface area contributed by atoms with Crippen LogP contribution in [0.5, 0.6) is 5.75 Å². The van der Waals surface area contributed by atoms with Crippen molar-refractivity contribution in [1.82, 2.24) is 10.6 Å². The summed E-state index contributed by atoms with van der Waals surface area (Å²) >= 11 is 0. The number of amides is 2. The van der Waals surface area contributed by atoms with E-state index in [1.807, 2.05) is 18.2 Å². The maximum atomic E-state index is 12.6. The van der Waals surface area contributed by atoms with Gasteiger partial charge in [-0.25, -0.2) is 0 Å². The molecule has 0 bridgehead atoms. The Labute approximate surface area is 220 Å². The van der Waals surface area contributed by atoms with E-state index in [1.54, 1.807) is 54.6 Å². The fourth-order valence-corrected chi connectivity index (χ4v) is 4.26. The number of anilines is 2. The second-order valence-corrected chi connectivity index (χ2v) is 9.05. The van der Waals surface area contributed by atoms with Crippen molar-refractivity contribution in [3.8, 4) is 5.75 Å². The van der Waals surface area contributed by atoms with Crippen molar-refractivity contribution in [2.24, 2.45) is 0 Å². The molecule has 1 saturated heterocycles. The van der Waals surface area contributed by atoms with E-state index >= 15 is 0 Å². The van der Waals surface area contributed by atoms with Crippen molar-refractivity contribution in [1.29, 1.82) is 0 Å². The van der Waals surface area contributed by atoms with Crippen molar-refractivity contribution in [3.63, 3.8) is 0 Å². The van der Waals surface area contributed by atoms with Crippen LogP contribution in [0.2, 0.25) is 0 Å². The van der Waals surface area contributed by atoms with E-state index in [9.17, 15) is 9.59 Å². The first-order valence-corrected chi connectivity index (χ1v) is 12.6. The summed E-state index contributed by atoms with van der Waals surface area (Å²) in [5.74, 6) is 0.267. The number of fused-ring (bicyclic) bond motifs is 1. The Bertz CT molecular complexity index is 1410. The van der Waals surface area contributed by atoms with Crippen molar-refractivity contribution in [3.05, 3.63) is 89.7 Å². The molecule has 1 unspecified atom stereocenters. The first kappa shape index (κ1) is 25.3. The highest BCUT2D eigenvalue weighted by Crippen LogP contribution is 2.22. The van der Waals surface area contributed by atoms with Crippen LogP contribution < -0.4 is 26.4 Å². The van der Waals surface area contributed by atoms with E-state index in [4.69, 9.17) is 19.6 Å². The van der Waals surface area contributed by atoms with Gasteiger partial charge in [0.15, 0.2) is 5.76 Å². The van der Waals surface area contributed by atoms with Gasteiger partial charge in [0.25, 0.3) is 11.8 Å². The summed E-state index contributed by atoms with van der Waals surface area (Å²) < 4.78 is 17.3. The molecule has 1 fully saturated rings. The topological polar surface area (TPSA) is 128 Å². The third-order valence-corrected chi connectivity index (χ3v) is 6.26. The fourth-order valence-electron chi connectivity index (χ4n) is 4.26. The molecule has 1 aliphatic rings. The summed E-state index contributed by atoms with van der Waals surface area (Å²) in [5.41, 5.74) is 9.19. The van der Waals surface area contributed by atoms with Gasteiger partial charge in [-0.15, -0.1) is 0 Å². The van der Waals surface area contributed by atoms with Crippen LogP contribution in [0, 0.1) is 0 Å². The van der Waals surface area contributed by atoms with Gasteiger partial charge in [0, 0.05) is 30.5 Å². The summed E-state index contributed by atoms with van der Waals surface area (Å²) in [6.45, 7) is 2.98. The van der Waals surface area contributed by atoms with Crippen LogP contribution in [0.1, 0.15) is 26.5 Å². The van der Waals surface area contributed by atoms with Gasteiger partial charge in [0.1, 0.15) is 17.9 Å². The third-order valence-electron chi connectivity index (χ3n) is 6.26. The Balaban J connectivity index is 1.08. The Morgan fingerprint density at radius 1 is 1.03 bits per heavy atom. The largest absolute Gasteiger partial charge is 0.492 e. The van der Waals surface area contributed by atoms with Crippen LogP contribution in [-0.2, 0) is 11.2 Å². The molecule has 38 heavy (non-hydrogen) atoms. The molecule has 4 aromatic rings. The number of carbonyl (C=O) groups is 2. The first-order chi connectivity index (χ1) is 18.5. The minimum atomic E-state index is -0.307. The zero-order valence-electron chi connectivity index (χ0n) is 20.9. The number of benzene rings is 3. The number of carbonyl (C=O) groups excluding carboxylic acids is 2. The summed E-state index contributed by atoms with van der Waals surface area (Å²) in [6, 6.07) is 21.5. The summed E-state index contributed by atoms with van der Waals surface area (Å²) in [7, 11) is 0. The molecule has 2 amide bonds. The van der Waals surface area contributed by atoms with Crippen LogP contribution in [0.25, 0.3) is 11.0 Å². The quantitative estimate of drug-likeness (QED) is 0.198. The molecule has 0 spiro atoms. The summed E-state index contributed by atoms with van der Waals surface area (Å²) in [4.78, 5) is 25.0. The van der Waals surface area contributed by atoms with Gasteiger partial charge in [0.05, 0.1) is 30.6 Å². The van der Waals surface area contributed by atoms with Crippen LogP contribution in [0.3, 0.4) is 0 Å². The van der Waals surface area contributed by atoms with Crippen molar-refractivity contribution < 1.29 is 23.5 Å². The maximum absolute atomic E-state index is 12.6. The molecule has 5 N–H and O–H groups in total. The highest BCUT2D eigenvalue weighted by Gasteiger charge is 2.16. The molecule has 0 saturated carbocycles. The Morgan fingerprint density at radius 2 is 1.87 bits per heavy atom. The lowest BCUT2D eigenvalue weighted by Gasteiger charge is -2.23. The molecule has 1 atom stereocenters. The van der Waals surface area contributed by atoms with Gasteiger partial charge in [-0.3, -0.25) is 9.59 Å². The average Bonchev–Trinajstić information content (AvgIpc) is 3.37. The summed E-state index contributed by atoms with van der Waals surface area (Å²) in [6.07, 6.45) is 0.927. The predicted molar refractivity (Wildman–Crippen MR) is 146 cm³/mol. The number of rotatable bonds is 9. The van der Waals surface area contributed by atoms with Gasteiger partial charge >= 0.3 is 0 Å². The second-order valence-electron chi connectivity index (χ2n) is 9.05. The van der Waals surface area contributed by atoms with E-state index in [2.05, 4.69) is 16.0 Å². The van der Waals surface area contributed by atoms with Gasteiger partial charge in [-0.2, -0.15) is 0 Å². The van der Waals surface area contributed by atoms with E-state index in [1.165, 1.54) is 0 Å². The van der Waals surface area contributed by atoms with Crippen LogP contribution >= 0.6 is 0 Å². The van der Waals surface area contributed by atoms with Gasteiger partial charge < -0.3 is 35.6 Å². The molecule has 9 nitrogen and oxygen atoms in total. The summed E-state index contributed by atoms with van der Waals surface area (Å²) in [5, 5.41) is 9.80. The molecule has 1 aliphatic heterocycles. The number of hydrogen-bond donors (Lipinski definition) is 4. The monoisotopic (exact) mass is 514 g/mol. The van der Waals surface area contributed by atoms with Crippen molar-refractivity contribution in [2.45, 2.75) is 12.5 Å². The normalized spacial score (nSPS) is 15.2. The number of hydrogen-bond acceptors (Lipinski definition) is 7. The van der Waals surface area contributed by atoms with Crippen molar-refractivity contribution >= 4 is 34.2 Å². The highest BCUT2D eigenvalue weighted by atomic mass is 16.5. The maximum Gasteiger partial charge on any atom is 0.287 e. The number of morpholine rings is 1. The van der Waals surface area contributed by atoms with Crippen LogP contribution in [0.4, 0.5) is 11.4 Å². The van der Waals surface area contributed by atoms with Crippen LogP contribution in [-0.4, -0.2) is 50.8 Å². The minimum absolute atomic E-state index is 0.140. The predicted octanol–water partition coefficient (Wildman–Crippen LogP) is 3.61. The second kappa shape index (κ2) is 11.8. The zero-order chi connectivity index (χ0) is 26.3. The molecular weight excluding hydrogens is 484 g/mol. The van der Waals surface area contributed by atoms with E-state index < -0.39 is 0 Å². The Morgan fingerprint density at radius 3 is 2.66 bits per heavy atom. The van der Waals surface area contributed by atoms with E-state index in [-0.39, 0.29) is 30.3 Å². The van der Waals surface area contributed by atoms with Gasteiger partial charge in [0.2, 0.25) is 0 Å². The lowest BCUT2D eigenvalue weighted by Crippen LogP contribution is -2.39. The molecular formula is C29H30N4O5. The smallest absolute Gasteiger partial charge is 0.287 e. The lowest BCUT2D eigenvalue weighted by molar-refractivity contribution is 0.0292. The molecule has 196 valence electrons. The van der Waals surface area contributed by atoms with E-state index in [0.29, 0.717) is 34.8 Å². The minimum Gasteiger partial charge on any atom is -0.492 e. The number of nitrogens with one attached hydrogen (secondary N) is 3. The number of nitrogens with two attached hydrogens (primary N) is 1. The SMILES string of the molecule is Nc1ccccc1NC(=O)c1ccc(OCCNC(=O)c2cc3ccc(CC4CNCCO4)cc3o2)cc1.